The molecule has 2 heterocycles. The molecule has 1 aliphatic heterocycles. The van der Waals surface area contributed by atoms with Crippen molar-refractivity contribution in [3.05, 3.63) is 41.6 Å². The molecule has 0 saturated carbocycles. The average Bonchev–Trinajstić information content (AvgIpc) is 2.87. The standard InChI is InChI=1S/C15H18N4O/c1-10-7-14(19-15(16-2)18-10)17-9-12-8-11-5-3-4-6-13(11)20-12/h3-7,12H,8-9H2,1-2H3,(H2,16,17,18,19). The number of benzene rings is 1. The van der Waals surface area contributed by atoms with Crippen molar-refractivity contribution in [3.63, 3.8) is 0 Å². The van der Waals surface area contributed by atoms with Crippen molar-refractivity contribution in [2.45, 2.75) is 19.4 Å². The van der Waals surface area contributed by atoms with Crippen LogP contribution in [-0.4, -0.2) is 29.7 Å². The fourth-order valence-corrected chi connectivity index (χ4v) is 2.36. The van der Waals surface area contributed by atoms with Crippen LogP contribution in [0, 0.1) is 6.92 Å². The smallest absolute Gasteiger partial charge is 0.224 e. The van der Waals surface area contributed by atoms with Gasteiger partial charge in [-0.15, -0.1) is 0 Å². The zero-order chi connectivity index (χ0) is 13.9. The van der Waals surface area contributed by atoms with Crippen LogP contribution < -0.4 is 15.4 Å². The van der Waals surface area contributed by atoms with Crippen molar-refractivity contribution < 1.29 is 4.74 Å². The molecule has 1 aromatic carbocycles. The molecular weight excluding hydrogens is 252 g/mol. The summed E-state index contributed by atoms with van der Waals surface area (Å²) in [6.07, 6.45) is 1.09. The van der Waals surface area contributed by atoms with Gasteiger partial charge in [-0.25, -0.2) is 4.98 Å². The third-order valence-corrected chi connectivity index (χ3v) is 3.30. The first-order valence-electron chi connectivity index (χ1n) is 6.76. The van der Waals surface area contributed by atoms with E-state index in [0.717, 1.165) is 30.2 Å². The van der Waals surface area contributed by atoms with Gasteiger partial charge in [0.15, 0.2) is 0 Å². The summed E-state index contributed by atoms with van der Waals surface area (Å²) in [5, 5.41) is 6.28. The summed E-state index contributed by atoms with van der Waals surface area (Å²) in [5.74, 6) is 2.44. The van der Waals surface area contributed by atoms with E-state index in [1.54, 1.807) is 0 Å². The first-order valence-corrected chi connectivity index (χ1v) is 6.76. The third kappa shape index (κ3) is 2.66. The van der Waals surface area contributed by atoms with E-state index in [1.165, 1.54) is 5.56 Å². The normalized spacial score (nSPS) is 16.4. The van der Waals surface area contributed by atoms with E-state index in [9.17, 15) is 0 Å². The van der Waals surface area contributed by atoms with Crippen LogP contribution in [0.25, 0.3) is 0 Å². The van der Waals surface area contributed by atoms with E-state index in [4.69, 9.17) is 4.74 Å². The van der Waals surface area contributed by atoms with Crippen molar-refractivity contribution >= 4 is 11.8 Å². The second-order valence-electron chi connectivity index (χ2n) is 4.90. The SMILES string of the molecule is CNc1nc(C)cc(NCC2Cc3ccccc3O2)n1. The van der Waals surface area contributed by atoms with Gasteiger partial charge in [-0.1, -0.05) is 18.2 Å². The molecule has 1 aromatic heterocycles. The number of fused-ring (bicyclic) bond motifs is 1. The Morgan fingerprint density at radius 1 is 1.30 bits per heavy atom. The molecule has 0 fully saturated rings. The molecule has 0 spiro atoms. The van der Waals surface area contributed by atoms with Gasteiger partial charge >= 0.3 is 0 Å². The average molecular weight is 270 g/mol. The number of anilines is 2. The van der Waals surface area contributed by atoms with Crippen molar-refractivity contribution in [3.8, 4) is 5.75 Å². The summed E-state index contributed by atoms with van der Waals surface area (Å²) in [6, 6.07) is 10.1. The van der Waals surface area contributed by atoms with E-state index in [0.29, 0.717) is 5.95 Å². The second-order valence-corrected chi connectivity index (χ2v) is 4.90. The molecule has 20 heavy (non-hydrogen) atoms. The van der Waals surface area contributed by atoms with E-state index < -0.39 is 0 Å². The van der Waals surface area contributed by atoms with Crippen LogP contribution in [0.2, 0.25) is 0 Å². The van der Waals surface area contributed by atoms with Gasteiger partial charge in [-0.3, -0.25) is 0 Å². The van der Waals surface area contributed by atoms with Crippen LogP contribution >= 0.6 is 0 Å². The van der Waals surface area contributed by atoms with Gasteiger partial charge in [0.1, 0.15) is 17.7 Å². The van der Waals surface area contributed by atoms with Crippen molar-refractivity contribution in [1.29, 1.82) is 0 Å². The fraction of sp³-hybridized carbons (Fsp3) is 0.333. The van der Waals surface area contributed by atoms with E-state index in [2.05, 4.69) is 26.7 Å². The molecule has 2 aromatic rings. The minimum atomic E-state index is 0.153. The summed E-state index contributed by atoms with van der Waals surface area (Å²) in [5.41, 5.74) is 2.21. The first-order chi connectivity index (χ1) is 9.74. The maximum absolute atomic E-state index is 5.89. The van der Waals surface area contributed by atoms with Gasteiger partial charge in [0, 0.05) is 25.2 Å². The lowest BCUT2D eigenvalue weighted by atomic mass is 10.1. The molecule has 5 heteroatoms. The van der Waals surface area contributed by atoms with Crippen LogP contribution in [0.1, 0.15) is 11.3 Å². The van der Waals surface area contributed by atoms with Crippen molar-refractivity contribution in [1.82, 2.24) is 9.97 Å². The number of hydrogen-bond acceptors (Lipinski definition) is 5. The highest BCUT2D eigenvalue weighted by molar-refractivity contribution is 5.43. The highest BCUT2D eigenvalue weighted by atomic mass is 16.5. The quantitative estimate of drug-likeness (QED) is 0.892. The molecule has 1 aliphatic rings. The molecule has 0 saturated heterocycles. The largest absolute Gasteiger partial charge is 0.488 e. The van der Waals surface area contributed by atoms with Crippen LogP contribution in [-0.2, 0) is 6.42 Å². The molecule has 0 bridgehead atoms. The molecule has 0 amide bonds. The molecule has 1 atom stereocenters. The Morgan fingerprint density at radius 3 is 2.95 bits per heavy atom. The lowest BCUT2D eigenvalue weighted by molar-refractivity contribution is 0.246. The van der Waals surface area contributed by atoms with E-state index in [-0.39, 0.29) is 6.10 Å². The summed E-state index contributed by atoms with van der Waals surface area (Å²) >= 11 is 0. The summed E-state index contributed by atoms with van der Waals surface area (Å²) in [6.45, 7) is 2.68. The van der Waals surface area contributed by atoms with Gasteiger partial charge in [-0.2, -0.15) is 4.98 Å². The summed E-state index contributed by atoms with van der Waals surface area (Å²) in [7, 11) is 1.81. The van der Waals surface area contributed by atoms with Crippen LogP contribution in [0.4, 0.5) is 11.8 Å². The highest BCUT2D eigenvalue weighted by Gasteiger charge is 2.22. The number of rotatable bonds is 4. The minimum absolute atomic E-state index is 0.153. The Balaban J connectivity index is 1.63. The van der Waals surface area contributed by atoms with Crippen molar-refractivity contribution in [2.75, 3.05) is 24.2 Å². The summed E-state index contributed by atoms with van der Waals surface area (Å²) in [4.78, 5) is 8.64. The Morgan fingerprint density at radius 2 is 2.15 bits per heavy atom. The monoisotopic (exact) mass is 270 g/mol. The second kappa shape index (κ2) is 5.36. The van der Waals surface area contributed by atoms with Gasteiger partial charge in [-0.05, 0) is 18.6 Å². The number of nitrogens with zero attached hydrogens (tertiary/aromatic N) is 2. The van der Waals surface area contributed by atoms with Crippen LogP contribution in [0.5, 0.6) is 5.75 Å². The predicted molar refractivity (Wildman–Crippen MR) is 79.4 cm³/mol. The van der Waals surface area contributed by atoms with Gasteiger partial charge < -0.3 is 15.4 Å². The number of aromatic nitrogens is 2. The number of para-hydroxylation sites is 1. The molecule has 0 radical (unpaired) electrons. The molecule has 2 N–H and O–H groups in total. The van der Waals surface area contributed by atoms with Gasteiger partial charge in [0.05, 0.1) is 6.54 Å². The molecule has 1 unspecified atom stereocenters. The molecule has 104 valence electrons. The minimum Gasteiger partial charge on any atom is -0.488 e. The van der Waals surface area contributed by atoms with Crippen molar-refractivity contribution in [2.24, 2.45) is 0 Å². The Kier molecular flexibility index (Phi) is 3.41. The Hall–Kier alpha value is -2.30. The molecule has 5 nitrogen and oxygen atoms in total. The number of aryl methyl sites for hydroxylation is 1. The molecular formula is C15H18N4O. The van der Waals surface area contributed by atoms with E-state index in [1.807, 2.05) is 38.2 Å². The van der Waals surface area contributed by atoms with Gasteiger partial charge in [0.25, 0.3) is 0 Å². The topological polar surface area (TPSA) is 59.1 Å². The Labute approximate surface area is 118 Å². The predicted octanol–water partition coefficient (Wildman–Crippen LogP) is 2.24. The number of ether oxygens (including phenoxy) is 1. The van der Waals surface area contributed by atoms with Crippen LogP contribution in [0.15, 0.2) is 30.3 Å². The fourth-order valence-electron chi connectivity index (χ4n) is 2.36. The zero-order valence-electron chi connectivity index (χ0n) is 11.7. The Bertz CT molecular complexity index is 590. The van der Waals surface area contributed by atoms with Crippen LogP contribution in [0.3, 0.4) is 0 Å². The molecule has 3 rings (SSSR count). The zero-order valence-corrected chi connectivity index (χ0v) is 11.7. The first kappa shape index (κ1) is 12.7. The number of hydrogen-bond donors (Lipinski definition) is 2. The third-order valence-electron chi connectivity index (χ3n) is 3.30. The molecule has 0 aliphatic carbocycles. The summed E-state index contributed by atoms with van der Waals surface area (Å²) < 4.78 is 5.89. The maximum atomic E-state index is 5.89. The maximum Gasteiger partial charge on any atom is 0.224 e. The highest BCUT2D eigenvalue weighted by Crippen LogP contribution is 2.28. The number of nitrogens with one attached hydrogen (secondary N) is 2. The van der Waals surface area contributed by atoms with Gasteiger partial charge in [0.2, 0.25) is 5.95 Å². The lowest BCUT2D eigenvalue weighted by Crippen LogP contribution is -2.24. The lowest BCUT2D eigenvalue weighted by Gasteiger charge is -2.13. The van der Waals surface area contributed by atoms with E-state index >= 15 is 0 Å².